The van der Waals surface area contributed by atoms with Gasteiger partial charge in [0.2, 0.25) is 5.91 Å². The third-order valence-corrected chi connectivity index (χ3v) is 2.44. The molecule has 3 N–H and O–H groups in total. The SMILES string of the molecule is Cc1cncc(NC(=O)NC(=O)CC(C)CC(=O)O)c1. The van der Waals surface area contributed by atoms with Gasteiger partial charge in [-0.1, -0.05) is 6.92 Å². The number of pyridine rings is 1. The monoisotopic (exact) mass is 279 g/mol. The summed E-state index contributed by atoms with van der Waals surface area (Å²) in [5.74, 6) is -1.82. The topological polar surface area (TPSA) is 108 Å². The van der Waals surface area contributed by atoms with Crippen LogP contribution >= 0.6 is 0 Å². The maximum Gasteiger partial charge on any atom is 0.325 e. The number of carboxylic acids is 1. The highest BCUT2D eigenvalue weighted by Gasteiger charge is 2.14. The first-order valence-corrected chi connectivity index (χ1v) is 6.11. The van der Waals surface area contributed by atoms with Crippen molar-refractivity contribution in [2.24, 2.45) is 5.92 Å². The molecule has 1 rings (SSSR count). The zero-order valence-electron chi connectivity index (χ0n) is 11.3. The zero-order chi connectivity index (χ0) is 15.1. The van der Waals surface area contributed by atoms with E-state index in [0.29, 0.717) is 5.69 Å². The number of anilines is 1. The quantitative estimate of drug-likeness (QED) is 0.757. The number of urea groups is 1. The molecule has 0 spiro atoms. The van der Waals surface area contributed by atoms with E-state index in [1.165, 1.54) is 6.20 Å². The molecule has 0 saturated heterocycles. The highest BCUT2D eigenvalue weighted by atomic mass is 16.4. The number of aryl methyl sites for hydroxylation is 1. The third-order valence-electron chi connectivity index (χ3n) is 2.44. The van der Waals surface area contributed by atoms with Crippen LogP contribution in [0.5, 0.6) is 0 Å². The number of carbonyl (C=O) groups excluding carboxylic acids is 2. The van der Waals surface area contributed by atoms with Crippen LogP contribution in [0.1, 0.15) is 25.3 Å². The van der Waals surface area contributed by atoms with Crippen LogP contribution < -0.4 is 10.6 Å². The Morgan fingerprint density at radius 3 is 2.60 bits per heavy atom. The minimum Gasteiger partial charge on any atom is -0.481 e. The smallest absolute Gasteiger partial charge is 0.325 e. The molecule has 0 aromatic carbocycles. The van der Waals surface area contributed by atoms with Crippen LogP contribution in [0.25, 0.3) is 0 Å². The van der Waals surface area contributed by atoms with Crippen LogP contribution in [0, 0.1) is 12.8 Å². The second kappa shape index (κ2) is 7.22. The van der Waals surface area contributed by atoms with E-state index in [1.54, 1.807) is 19.2 Å². The van der Waals surface area contributed by atoms with E-state index in [0.717, 1.165) is 5.56 Å². The average molecular weight is 279 g/mol. The summed E-state index contributed by atoms with van der Waals surface area (Å²) in [6.45, 7) is 3.46. The third kappa shape index (κ3) is 5.94. The van der Waals surface area contributed by atoms with Crippen molar-refractivity contribution < 1.29 is 19.5 Å². The number of imide groups is 1. The van der Waals surface area contributed by atoms with Gasteiger partial charge >= 0.3 is 12.0 Å². The molecule has 20 heavy (non-hydrogen) atoms. The molecule has 1 unspecified atom stereocenters. The maximum absolute atomic E-state index is 11.6. The summed E-state index contributed by atoms with van der Waals surface area (Å²) in [7, 11) is 0. The first-order valence-electron chi connectivity index (χ1n) is 6.11. The van der Waals surface area contributed by atoms with Crippen molar-refractivity contribution in [2.45, 2.75) is 26.7 Å². The predicted octanol–water partition coefficient (Wildman–Crippen LogP) is 1.54. The van der Waals surface area contributed by atoms with Crippen molar-refractivity contribution in [3.8, 4) is 0 Å². The number of amides is 3. The number of carbonyl (C=O) groups is 3. The van der Waals surface area contributed by atoms with Gasteiger partial charge in [0, 0.05) is 19.0 Å². The van der Waals surface area contributed by atoms with Crippen LogP contribution in [0.2, 0.25) is 0 Å². The van der Waals surface area contributed by atoms with Crippen LogP contribution in [0.3, 0.4) is 0 Å². The summed E-state index contributed by atoms with van der Waals surface area (Å²) in [5, 5.41) is 13.2. The van der Waals surface area contributed by atoms with Crippen molar-refractivity contribution >= 4 is 23.6 Å². The Morgan fingerprint density at radius 1 is 1.30 bits per heavy atom. The van der Waals surface area contributed by atoms with Gasteiger partial charge in [-0.3, -0.25) is 19.9 Å². The molecule has 0 saturated carbocycles. The first kappa shape index (κ1) is 15.6. The lowest BCUT2D eigenvalue weighted by Gasteiger charge is -2.09. The molecule has 7 heteroatoms. The number of nitrogens with zero attached hydrogens (tertiary/aromatic N) is 1. The van der Waals surface area contributed by atoms with Crippen molar-refractivity contribution in [1.29, 1.82) is 0 Å². The second-order valence-corrected chi connectivity index (χ2v) is 4.66. The number of aliphatic carboxylic acids is 1. The fourth-order valence-corrected chi connectivity index (χ4v) is 1.65. The highest BCUT2D eigenvalue weighted by molar-refractivity contribution is 6.01. The average Bonchev–Trinajstić information content (AvgIpc) is 2.26. The molecule has 1 heterocycles. The number of carboxylic acid groups (broad SMARTS) is 1. The molecule has 0 aliphatic heterocycles. The predicted molar refractivity (Wildman–Crippen MR) is 72.2 cm³/mol. The summed E-state index contributed by atoms with van der Waals surface area (Å²) in [6.07, 6.45) is 2.97. The molecule has 7 nitrogen and oxygen atoms in total. The summed E-state index contributed by atoms with van der Waals surface area (Å²) in [6, 6.07) is 1.05. The Labute approximate surface area is 116 Å². The Morgan fingerprint density at radius 2 is 2.00 bits per heavy atom. The highest BCUT2D eigenvalue weighted by Crippen LogP contribution is 2.08. The van der Waals surface area contributed by atoms with E-state index < -0.39 is 17.9 Å². The molecule has 1 aromatic heterocycles. The van der Waals surface area contributed by atoms with E-state index >= 15 is 0 Å². The lowest BCUT2D eigenvalue weighted by Crippen LogP contribution is -2.35. The summed E-state index contributed by atoms with van der Waals surface area (Å²) >= 11 is 0. The number of hydrogen-bond acceptors (Lipinski definition) is 4. The summed E-state index contributed by atoms with van der Waals surface area (Å²) in [4.78, 5) is 37.4. The zero-order valence-corrected chi connectivity index (χ0v) is 11.3. The molecule has 0 aliphatic carbocycles. The van der Waals surface area contributed by atoms with Crippen LogP contribution in [0.4, 0.5) is 10.5 Å². The minimum absolute atomic E-state index is 0.0220. The van der Waals surface area contributed by atoms with Crippen molar-refractivity contribution in [3.63, 3.8) is 0 Å². The fraction of sp³-hybridized carbons (Fsp3) is 0.385. The molecular weight excluding hydrogens is 262 g/mol. The number of nitrogens with one attached hydrogen (secondary N) is 2. The molecule has 108 valence electrons. The number of hydrogen-bond donors (Lipinski definition) is 3. The van der Waals surface area contributed by atoms with Gasteiger partial charge in [-0.15, -0.1) is 0 Å². The van der Waals surface area contributed by atoms with Crippen LogP contribution in [-0.2, 0) is 9.59 Å². The molecule has 0 aliphatic rings. The lowest BCUT2D eigenvalue weighted by molar-refractivity contribution is -0.138. The molecule has 0 radical (unpaired) electrons. The van der Waals surface area contributed by atoms with Crippen LogP contribution in [0.15, 0.2) is 18.5 Å². The molecular formula is C13H17N3O4. The van der Waals surface area contributed by atoms with E-state index in [9.17, 15) is 14.4 Å². The van der Waals surface area contributed by atoms with Gasteiger partial charge in [-0.25, -0.2) is 4.79 Å². The second-order valence-electron chi connectivity index (χ2n) is 4.66. The standard InChI is InChI=1S/C13H17N3O4/c1-8(5-12(18)19)4-11(17)16-13(20)15-10-3-9(2)6-14-7-10/h3,6-8H,4-5H2,1-2H3,(H,18,19)(H2,15,16,17,20). The number of aromatic nitrogens is 1. The minimum atomic E-state index is -0.972. The van der Waals surface area contributed by atoms with E-state index in [4.69, 9.17) is 5.11 Å². The van der Waals surface area contributed by atoms with E-state index in [2.05, 4.69) is 15.6 Å². The van der Waals surface area contributed by atoms with Gasteiger partial charge in [-0.2, -0.15) is 0 Å². The molecule has 1 aromatic rings. The van der Waals surface area contributed by atoms with E-state index in [-0.39, 0.29) is 18.8 Å². The van der Waals surface area contributed by atoms with Gasteiger partial charge in [0.25, 0.3) is 0 Å². The molecule has 0 bridgehead atoms. The van der Waals surface area contributed by atoms with Gasteiger partial charge in [-0.05, 0) is 24.5 Å². The Kier molecular flexibility index (Phi) is 5.64. The van der Waals surface area contributed by atoms with Gasteiger partial charge in [0.1, 0.15) is 0 Å². The van der Waals surface area contributed by atoms with Gasteiger partial charge in [0.05, 0.1) is 11.9 Å². The maximum atomic E-state index is 11.6. The van der Waals surface area contributed by atoms with Gasteiger partial charge in [0.15, 0.2) is 0 Å². The Bertz CT molecular complexity index is 516. The normalized spacial score (nSPS) is 11.5. The first-order chi connectivity index (χ1) is 9.36. The summed E-state index contributed by atoms with van der Waals surface area (Å²) in [5.41, 5.74) is 1.36. The summed E-state index contributed by atoms with van der Waals surface area (Å²) < 4.78 is 0. The largest absolute Gasteiger partial charge is 0.481 e. The van der Waals surface area contributed by atoms with E-state index in [1.807, 2.05) is 6.92 Å². The fourth-order valence-electron chi connectivity index (χ4n) is 1.65. The van der Waals surface area contributed by atoms with Crippen molar-refractivity contribution in [3.05, 3.63) is 24.0 Å². The molecule has 0 fully saturated rings. The van der Waals surface area contributed by atoms with Gasteiger partial charge < -0.3 is 10.4 Å². The molecule has 1 atom stereocenters. The number of rotatable bonds is 5. The van der Waals surface area contributed by atoms with Crippen molar-refractivity contribution in [2.75, 3.05) is 5.32 Å². The molecule has 3 amide bonds. The van der Waals surface area contributed by atoms with Crippen LogP contribution in [-0.4, -0.2) is 28.0 Å². The Hall–Kier alpha value is -2.44. The Balaban J connectivity index is 2.42. The lowest BCUT2D eigenvalue weighted by atomic mass is 10.0. The van der Waals surface area contributed by atoms with Crippen molar-refractivity contribution in [1.82, 2.24) is 10.3 Å².